The summed E-state index contributed by atoms with van der Waals surface area (Å²) in [5.74, 6) is 0.540. The van der Waals surface area contributed by atoms with Gasteiger partial charge >= 0.3 is 0 Å². The van der Waals surface area contributed by atoms with Crippen LogP contribution in [0, 0.1) is 6.92 Å². The Morgan fingerprint density at radius 2 is 2.11 bits per heavy atom. The van der Waals surface area contributed by atoms with Crippen molar-refractivity contribution in [3.05, 3.63) is 41.6 Å². The average Bonchev–Trinajstić information content (AvgIpc) is 2.41. The fourth-order valence-corrected chi connectivity index (χ4v) is 1.84. The molecule has 0 atom stereocenters. The number of benzene rings is 1. The molecule has 0 bridgehead atoms. The topological polar surface area (TPSA) is 54.9 Å². The number of nitrogens with one attached hydrogen (secondary N) is 1. The zero-order valence-electron chi connectivity index (χ0n) is 10.2. The second kappa shape index (κ2) is 5.64. The third-order valence-corrected chi connectivity index (χ3v) is 3.06. The van der Waals surface area contributed by atoms with E-state index in [9.17, 15) is 4.79 Å². The van der Waals surface area contributed by atoms with Crippen molar-refractivity contribution in [1.29, 1.82) is 0 Å². The van der Waals surface area contributed by atoms with E-state index in [0.29, 0.717) is 16.5 Å². The van der Waals surface area contributed by atoms with Crippen LogP contribution in [0.5, 0.6) is 0 Å². The molecule has 0 aliphatic rings. The lowest BCUT2D eigenvalue weighted by Crippen LogP contribution is -2.02. The van der Waals surface area contributed by atoms with E-state index in [2.05, 4.69) is 15.3 Å². The summed E-state index contributed by atoms with van der Waals surface area (Å²) in [7, 11) is 0. The fourth-order valence-electron chi connectivity index (χ4n) is 1.50. The predicted molar refractivity (Wildman–Crippen MR) is 73.7 cm³/mol. The molecule has 1 N–H and O–H groups in total. The summed E-state index contributed by atoms with van der Waals surface area (Å²) < 4.78 is 0. The number of aromatic nitrogens is 2. The minimum absolute atomic E-state index is 0.455. The highest BCUT2D eigenvalue weighted by Crippen LogP contribution is 2.22. The van der Waals surface area contributed by atoms with Gasteiger partial charge in [-0.3, -0.25) is 4.79 Å². The minimum atomic E-state index is 0.455. The number of hydrogen-bond acceptors (Lipinski definition) is 5. The fraction of sp³-hybridized carbons (Fsp3) is 0.154. The second-order valence-electron chi connectivity index (χ2n) is 3.72. The molecule has 0 radical (unpaired) electrons. The van der Waals surface area contributed by atoms with Crippen LogP contribution >= 0.6 is 11.8 Å². The van der Waals surface area contributed by atoms with Crippen molar-refractivity contribution < 1.29 is 4.79 Å². The first-order valence-corrected chi connectivity index (χ1v) is 6.66. The number of rotatable bonds is 4. The van der Waals surface area contributed by atoms with E-state index >= 15 is 0 Å². The first kappa shape index (κ1) is 12.6. The van der Waals surface area contributed by atoms with Gasteiger partial charge < -0.3 is 5.32 Å². The maximum absolute atomic E-state index is 11.0. The van der Waals surface area contributed by atoms with Crippen LogP contribution in [0.25, 0.3) is 0 Å². The van der Waals surface area contributed by atoms with Gasteiger partial charge in [0.05, 0.1) is 5.56 Å². The van der Waals surface area contributed by atoms with E-state index in [-0.39, 0.29) is 0 Å². The molecule has 92 valence electrons. The van der Waals surface area contributed by atoms with Gasteiger partial charge in [-0.15, -0.1) is 0 Å². The van der Waals surface area contributed by atoms with Crippen LogP contribution in [0.4, 0.5) is 11.5 Å². The van der Waals surface area contributed by atoms with Crippen LogP contribution in [-0.2, 0) is 0 Å². The van der Waals surface area contributed by atoms with Crippen molar-refractivity contribution in [2.45, 2.75) is 12.1 Å². The zero-order valence-corrected chi connectivity index (χ0v) is 11.0. The molecular formula is C13H13N3OS. The Morgan fingerprint density at radius 3 is 2.78 bits per heavy atom. The van der Waals surface area contributed by atoms with Gasteiger partial charge in [0.1, 0.15) is 5.82 Å². The van der Waals surface area contributed by atoms with Gasteiger partial charge in [-0.1, -0.05) is 30.0 Å². The first-order chi connectivity index (χ1) is 8.74. The van der Waals surface area contributed by atoms with Crippen molar-refractivity contribution >= 4 is 29.6 Å². The summed E-state index contributed by atoms with van der Waals surface area (Å²) in [5.41, 5.74) is 2.49. The Balaban J connectivity index is 2.38. The summed E-state index contributed by atoms with van der Waals surface area (Å²) in [6.07, 6.45) is 4.19. The lowest BCUT2D eigenvalue weighted by Gasteiger charge is -2.10. The van der Waals surface area contributed by atoms with Crippen molar-refractivity contribution in [2.24, 2.45) is 0 Å². The Kier molecular flexibility index (Phi) is 3.94. The van der Waals surface area contributed by atoms with Crippen LogP contribution < -0.4 is 5.32 Å². The van der Waals surface area contributed by atoms with Crippen molar-refractivity contribution in [1.82, 2.24) is 9.97 Å². The van der Waals surface area contributed by atoms with E-state index in [1.165, 1.54) is 18.0 Å². The highest BCUT2D eigenvalue weighted by molar-refractivity contribution is 7.98. The molecule has 2 aromatic rings. The smallest absolute Gasteiger partial charge is 0.189 e. The van der Waals surface area contributed by atoms with E-state index in [1.807, 2.05) is 37.4 Å². The van der Waals surface area contributed by atoms with Crippen LogP contribution in [0.2, 0.25) is 0 Å². The summed E-state index contributed by atoms with van der Waals surface area (Å²) >= 11 is 1.44. The molecule has 0 fully saturated rings. The standard InChI is InChI=1S/C13H13N3OS/c1-9-5-3-4-6-11(9)15-12-10(8-17)7-14-13(16-12)18-2/h3-8H,1-2H3,(H,14,15,16). The van der Waals surface area contributed by atoms with Gasteiger partial charge in [0.25, 0.3) is 0 Å². The second-order valence-corrected chi connectivity index (χ2v) is 4.49. The molecule has 0 saturated heterocycles. The molecule has 0 saturated carbocycles. The quantitative estimate of drug-likeness (QED) is 0.519. The number of aldehydes is 1. The summed E-state index contributed by atoms with van der Waals surface area (Å²) in [4.78, 5) is 19.4. The van der Waals surface area contributed by atoms with Crippen molar-refractivity contribution in [2.75, 3.05) is 11.6 Å². The van der Waals surface area contributed by atoms with Crippen LogP contribution in [-0.4, -0.2) is 22.5 Å². The highest BCUT2D eigenvalue weighted by Gasteiger charge is 2.07. The van der Waals surface area contributed by atoms with Gasteiger partial charge in [0, 0.05) is 11.9 Å². The molecule has 1 heterocycles. The SMILES string of the molecule is CSc1ncc(C=O)c(Nc2ccccc2C)n1. The number of anilines is 2. The molecule has 1 aromatic heterocycles. The highest BCUT2D eigenvalue weighted by atomic mass is 32.2. The van der Waals surface area contributed by atoms with Crippen LogP contribution in [0.1, 0.15) is 15.9 Å². The molecule has 5 heteroatoms. The summed E-state index contributed by atoms with van der Waals surface area (Å²) in [6.45, 7) is 2.00. The van der Waals surface area contributed by atoms with Crippen LogP contribution in [0.15, 0.2) is 35.6 Å². The minimum Gasteiger partial charge on any atom is -0.339 e. The molecule has 0 aliphatic heterocycles. The van der Waals surface area contributed by atoms with Crippen molar-refractivity contribution in [3.8, 4) is 0 Å². The molecule has 0 amide bonds. The predicted octanol–water partition coefficient (Wildman–Crippen LogP) is 3.06. The Morgan fingerprint density at radius 1 is 1.33 bits per heavy atom. The van der Waals surface area contributed by atoms with Gasteiger partial charge in [0.2, 0.25) is 0 Å². The first-order valence-electron chi connectivity index (χ1n) is 5.43. The average molecular weight is 259 g/mol. The number of carbonyl (C=O) groups is 1. The molecule has 2 rings (SSSR count). The lowest BCUT2D eigenvalue weighted by atomic mass is 10.2. The lowest BCUT2D eigenvalue weighted by molar-refractivity contribution is 0.112. The summed E-state index contributed by atoms with van der Waals surface area (Å²) in [6, 6.07) is 7.85. The molecule has 0 unspecified atom stereocenters. The summed E-state index contributed by atoms with van der Waals surface area (Å²) in [5, 5.41) is 3.81. The normalized spacial score (nSPS) is 10.1. The van der Waals surface area contributed by atoms with Gasteiger partial charge in [-0.25, -0.2) is 9.97 Å². The van der Waals surface area contributed by atoms with Crippen LogP contribution in [0.3, 0.4) is 0 Å². The number of thioether (sulfide) groups is 1. The van der Waals surface area contributed by atoms with Gasteiger partial charge in [-0.05, 0) is 24.8 Å². The number of aryl methyl sites for hydroxylation is 1. The maximum atomic E-state index is 11.0. The largest absolute Gasteiger partial charge is 0.339 e. The third-order valence-electron chi connectivity index (χ3n) is 2.50. The Labute approximate surface area is 110 Å². The van der Waals surface area contributed by atoms with Crippen molar-refractivity contribution in [3.63, 3.8) is 0 Å². The molecule has 0 spiro atoms. The zero-order chi connectivity index (χ0) is 13.0. The maximum Gasteiger partial charge on any atom is 0.189 e. The van der Waals surface area contributed by atoms with Gasteiger partial charge in [-0.2, -0.15) is 0 Å². The Hall–Kier alpha value is -1.88. The number of carbonyl (C=O) groups excluding carboxylic acids is 1. The third kappa shape index (κ3) is 2.68. The molecule has 1 aromatic carbocycles. The number of hydrogen-bond donors (Lipinski definition) is 1. The van der Waals surface area contributed by atoms with E-state index < -0.39 is 0 Å². The van der Waals surface area contributed by atoms with Gasteiger partial charge in [0.15, 0.2) is 11.4 Å². The molecule has 0 aliphatic carbocycles. The molecule has 18 heavy (non-hydrogen) atoms. The monoisotopic (exact) mass is 259 g/mol. The van der Waals surface area contributed by atoms with E-state index in [4.69, 9.17) is 0 Å². The number of nitrogens with zero attached hydrogens (tertiary/aromatic N) is 2. The van der Waals surface area contributed by atoms with E-state index in [1.54, 1.807) is 0 Å². The molecular weight excluding hydrogens is 246 g/mol. The Bertz CT molecular complexity index is 572. The number of para-hydroxylation sites is 1. The molecule has 4 nitrogen and oxygen atoms in total. The van der Waals surface area contributed by atoms with E-state index in [0.717, 1.165) is 17.5 Å².